The highest BCUT2D eigenvalue weighted by atomic mass is 35.5. The molecule has 0 fully saturated rings. The van der Waals surface area contributed by atoms with E-state index in [2.05, 4.69) is 0 Å². The van der Waals surface area contributed by atoms with E-state index in [1.807, 2.05) is 30.3 Å². The Kier molecular flexibility index (Phi) is 12.6. The average molecular weight is 558 g/mol. The van der Waals surface area contributed by atoms with Gasteiger partial charge in [-0.2, -0.15) is 0 Å². The molecule has 6 N–H and O–H groups in total. The van der Waals surface area contributed by atoms with Gasteiger partial charge in [0.1, 0.15) is 18.7 Å². The van der Waals surface area contributed by atoms with Gasteiger partial charge < -0.3 is 61.0 Å². The predicted molar refractivity (Wildman–Crippen MR) is 122 cm³/mol. The molecule has 1 amide bonds. The third-order valence-corrected chi connectivity index (χ3v) is 5.88. The molecule has 0 unspecified atom stereocenters. The maximum absolute atomic E-state index is 12.5. The van der Waals surface area contributed by atoms with Gasteiger partial charge in [0.25, 0.3) is 6.29 Å². The summed E-state index contributed by atoms with van der Waals surface area (Å²) < 4.78 is 21.2. The van der Waals surface area contributed by atoms with Crippen LogP contribution in [0.25, 0.3) is 0 Å². The molecule has 0 bridgehead atoms. The Morgan fingerprint density at radius 2 is 1.73 bits per heavy atom. The number of esters is 3. The van der Waals surface area contributed by atoms with Crippen LogP contribution in [0.1, 0.15) is 18.4 Å². The number of ether oxygens (including phenoxy) is 4. The van der Waals surface area contributed by atoms with Gasteiger partial charge in [0.2, 0.25) is 5.91 Å². The van der Waals surface area contributed by atoms with Gasteiger partial charge in [-0.15, -0.1) is 0 Å². The van der Waals surface area contributed by atoms with Crippen molar-refractivity contribution in [3.05, 3.63) is 59.4 Å². The van der Waals surface area contributed by atoms with E-state index in [0.29, 0.717) is 18.4 Å². The second-order valence-corrected chi connectivity index (χ2v) is 8.33. The molecular weight excluding hydrogens is 529 g/mol. The van der Waals surface area contributed by atoms with E-state index in [1.165, 1.54) is 13.4 Å². The summed E-state index contributed by atoms with van der Waals surface area (Å²) in [5, 5.41) is 0. The number of carbonyl (C=O) groups excluding carboxylic acids is 4. The highest BCUT2D eigenvalue weighted by Gasteiger charge is 2.46. The Bertz CT molecular complexity index is 1030. The third kappa shape index (κ3) is 8.19. The number of methoxy groups -OCH3 is 1. The lowest BCUT2D eigenvalue weighted by Gasteiger charge is -2.34. The van der Waals surface area contributed by atoms with Gasteiger partial charge in [0.15, 0.2) is 0 Å². The van der Waals surface area contributed by atoms with E-state index < -0.39 is 60.4 Å². The minimum absolute atomic E-state index is 0. The summed E-state index contributed by atoms with van der Waals surface area (Å²) >= 11 is 0. The molecule has 0 saturated heterocycles. The highest BCUT2D eigenvalue weighted by Crippen LogP contribution is 2.44. The van der Waals surface area contributed by atoms with Crippen LogP contribution in [0.2, 0.25) is 0 Å². The number of rotatable bonds is 10. The zero-order valence-electron chi connectivity index (χ0n) is 20.0. The second-order valence-electron chi connectivity index (χ2n) is 8.33. The molecule has 11 nitrogen and oxygen atoms in total. The lowest BCUT2D eigenvalue weighted by molar-refractivity contribution is -0.184. The van der Waals surface area contributed by atoms with Crippen molar-refractivity contribution in [2.24, 2.45) is 29.0 Å². The van der Waals surface area contributed by atoms with Crippen molar-refractivity contribution < 1.29 is 62.9 Å². The van der Waals surface area contributed by atoms with E-state index in [4.69, 9.17) is 36.1 Å². The van der Waals surface area contributed by atoms with Crippen LogP contribution >= 0.6 is 0 Å². The molecule has 0 aromatic heterocycles. The standard InChI is InChI=1S/C24H29N3O8.2ClH/c1-32-21(29)16-12-34-24(35-23(31)18(26)10-19(27)28)20-14(7-8-15(16)20)11-33-22(30)17(25)9-13-5-3-2-4-6-13;;/h2-7,12,15,17-18,20,24H,8-11,25-26H2,1H3,(H2,27,28);2*1H/p-2/t15-,17+,18+,20-,24+;;/m1../s1. The largest absolute Gasteiger partial charge is 1.00 e. The summed E-state index contributed by atoms with van der Waals surface area (Å²) in [6.45, 7) is -0.137. The van der Waals surface area contributed by atoms with Crippen molar-refractivity contribution in [1.29, 1.82) is 0 Å². The fourth-order valence-electron chi connectivity index (χ4n) is 4.11. The zero-order valence-corrected chi connectivity index (χ0v) is 21.5. The summed E-state index contributed by atoms with van der Waals surface area (Å²) in [4.78, 5) is 48.2. The van der Waals surface area contributed by atoms with Crippen LogP contribution in [-0.2, 0) is 44.5 Å². The van der Waals surface area contributed by atoms with Crippen molar-refractivity contribution in [2.45, 2.75) is 37.6 Å². The molecule has 0 spiro atoms. The molecule has 0 radical (unpaired) electrons. The summed E-state index contributed by atoms with van der Waals surface area (Å²) in [7, 11) is 1.24. The molecule has 1 aromatic rings. The van der Waals surface area contributed by atoms with Crippen molar-refractivity contribution in [2.75, 3.05) is 13.7 Å². The van der Waals surface area contributed by atoms with Crippen molar-refractivity contribution in [3.8, 4) is 0 Å². The number of hydrogen-bond acceptors (Lipinski definition) is 10. The maximum atomic E-state index is 12.5. The normalized spacial score (nSPS) is 21.2. The summed E-state index contributed by atoms with van der Waals surface area (Å²) in [5.41, 5.74) is 18.5. The van der Waals surface area contributed by atoms with Crippen molar-refractivity contribution >= 4 is 23.8 Å². The number of benzene rings is 1. The van der Waals surface area contributed by atoms with Crippen LogP contribution in [0.3, 0.4) is 0 Å². The highest BCUT2D eigenvalue weighted by molar-refractivity contribution is 5.89. The SMILES string of the molecule is COC(=O)C1=CO[C@@H](OC(=O)[C@@H](N)CC(N)=O)[C@@H]2C(COC(=O)[C@@H](N)Cc3ccccc3)=CC[C@H]12.[Cl-].[Cl-]. The number of allylic oxidation sites excluding steroid dienone is 1. The molecule has 1 aliphatic carbocycles. The fourth-order valence-corrected chi connectivity index (χ4v) is 4.11. The fraction of sp³-hybridized carbons (Fsp3) is 0.417. The predicted octanol–water partition coefficient (Wildman–Crippen LogP) is -6.17. The van der Waals surface area contributed by atoms with E-state index in [-0.39, 0.29) is 37.0 Å². The number of nitrogens with two attached hydrogens (primary N) is 3. The molecule has 0 saturated carbocycles. The van der Waals surface area contributed by atoms with Gasteiger partial charge in [0.05, 0.1) is 31.3 Å². The van der Waals surface area contributed by atoms with Crippen LogP contribution in [-0.4, -0.2) is 55.9 Å². The summed E-state index contributed by atoms with van der Waals surface area (Å²) in [5.74, 6) is -3.92. The van der Waals surface area contributed by atoms with Crippen LogP contribution < -0.4 is 42.0 Å². The first kappa shape index (κ1) is 31.9. The monoisotopic (exact) mass is 557 g/mol. The quantitative estimate of drug-likeness (QED) is 0.142. The van der Waals surface area contributed by atoms with Crippen LogP contribution in [0.5, 0.6) is 0 Å². The lowest BCUT2D eigenvalue weighted by Crippen LogP contribution is -3.00. The van der Waals surface area contributed by atoms with Crippen molar-refractivity contribution in [3.63, 3.8) is 0 Å². The number of primary amides is 1. The number of hydrogen-bond donors (Lipinski definition) is 3. The van der Waals surface area contributed by atoms with Gasteiger partial charge in [-0.25, -0.2) is 4.79 Å². The molecule has 204 valence electrons. The Morgan fingerprint density at radius 3 is 2.35 bits per heavy atom. The lowest BCUT2D eigenvalue weighted by atomic mass is 9.83. The molecule has 5 atom stereocenters. The molecule has 1 aromatic carbocycles. The van der Waals surface area contributed by atoms with E-state index in [9.17, 15) is 19.2 Å². The van der Waals surface area contributed by atoms with Gasteiger partial charge in [0, 0.05) is 5.92 Å². The van der Waals surface area contributed by atoms with E-state index in [0.717, 1.165) is 5.56 Å². The third-order valence-electron chi connectivity index (χ3n) is 5.88. The summed E-state index contributed by atoms with van der Waals surface area (Å²) in [6.07, 6.45) is 2.12. The zero-order chi connectivity index (χ0) is 25.5. The Hall–Kier alpha value is -3.12. The molecule has 2 aliphatic rings. The second kappa shape index (κ2) is 14.6. The van der Waals surface area contributed by atoms with Crippen molar-refractivity contribution in [1.82, 2.24) is 0 Å². The maximum Gasteiger partial charge on any atom is 0.337 e. The number of carbonyl (C=O) groups is 4. The minimum Gasteiger partial charge on any atom is -1.00 e. The molecule has 3 rings (SSSR count). The average Bonchev–Trinajstić information content (AvgIpc) is 3.26. The van der Waals surface area contributed by atoms with E-state index >= 15 is 0 Å². The van der Waals surface area contributed by atoms with Gasteiger partial charge in [-0.3, -0.25) is 14.4 Å². The number of halogens is 2. The first-order valence-electron chi connectivity index (χ1n) is 11.0. The molecule has 13 heteroatoms. The van der Waals surface area contributed by atoms with Crippen LogP contribution in [0.4, 0.5) is 0 Å². The number of fused-ring (bicyclic) bond motifs is 1. The summed E-state index contributed by atoms with van der Waals surface area (Å²) in [6, 6.07) is 7.14. The Balaban J connectivity index is 0.00000342. The molecule has 1 heterocycles. The molecular formula is C24H29Cl2N3O8-2. The van der Waals surface area contributed by atoms with Gasteiger partial charge in [-0.1, -0.05) is 36.4 Å². The van der Waals surface area contributed by atoms with E-state index in [1.54, 1.807) is 6.08 Å². The smallest absolute Gasteiger partial charge is 0.337 e. The number of amides is 1. The van der Waals surface area contributed by atoms with Gasteiger partial charge >= 0.3 is 17.9 Å². The minimum atomic E-state index is -1.27. The Morgan fingerprint density at radius 1 is 1.05 bits per heavy atom. The molecule has 37 heavy (non-hydrogen) atoms. The van der Waals surface area contributed by atoms with Crippen LogP contribution in [0, 0.1) is 11.8 Å². The Labute approximate surface area is 226 Å². The topological polar surface area (TPSA) is 183 Å². The van der Waals surface area contributed by atoms with Gasteiger partial charge in [-0.05, 0) is 24.0 Å². The van der Waals surface area contributed by atoms with Crippen LogP contribution in [0.15, 0.2) is 53.8 Å². The first-order chi connectivity index (χ1) is 16.7. The molecule has 1 aliphatic heterocycles. The first-order valence-corrected chi connectivity index (χ1v) is 11.0.